The fraction of sp³-hybridized carbons (Fsp3) is 1.00. The SMILES string of the molecule is CC.CC.CC.CN1CCC2NCCC2C1. The van der Waals surface area contributed by atoms with Crippen LogP contribution in [0.2, 0.25) is 0 Å². The van der Waals surface area contributed by atoms with Crippen molar-refractivity contribution in [3.05, 3.63) is 0 Å². The third-order valence-corrected chi connectivity index (χ3v) is 2.86. The number of hydrogen-bond donors (Lipinski definition) is 1. The third kappa shape index (κ3) is 6.49. The lowest BCUT2D eigenvalue weighted by molar-refractivity contribution is 0.195. The van der Waals surface area contributed by atoms with Gasteiger partial charge in [-0.2, -0.15) is 0 Å². The monoisotopic (exact) mass is 230 g/mol. The number of fused-ring (bicyclic) bond motifs is 1. The van der Waals surface area contributed by atoms with Crippen LogP contribution in [-0.2, 0) is 0 Å². The van der Waals surface area contributed by atoms with Gasteiger partial charge in [-0.05, 0) is 38.9 Å². The van der Waals surface area contributed by atoms with Crippen LogP contribution >= 0.6 is 0 Å². The van der Waals surface area contributed by atoms with Gasteiger partial charge in [0.2, 0.25) is 0 Å². The predicted octanol–water partition coefficient (Wildman–Crippen LogP) is 3.38. The maximum Gasteiger partial charge on any atom is 0.0120 e. The number of nitrogens with one attached hydrogen (secondary N) is 1. The molecule has 0 bridgehead atoms. The van der Waals surface area contributed by atoms with E-state index in [2.05, 4.69) is 17.3 Å². The van der Waals surface area contributed by atoms with Gasteiger partial charge < -0.3 is 10.2 Å². The van der Waals surface area contributed by atoms with E-state index in [0.29, 0.717) is 0 Å². The van der Waals surface area contributed by atoms with Gasteiger partial charge in [-0.15, -0.1) is 0 Å². The highest BCUT2D eigenvalue weighted by molar-refractivity contribution is 4.89. The maximum atomic E-state index is 3.55. The zero-order chi connectivity index (χ0) is 13.0. The van der Waals surface area contributed by atoms with Crippen LogP contribution in [0.25, 0.3) is 0 Å². The fourth-order valence-electron chi connectivity index (χ4n) is 2.23. The Balaban J connectivity index is 0. The highest BCUT2D eigenvalue weighted by Crippen LogP contribution is 2.23. The fourth-order valence-corrected chi connectivity index (χ4v) is 2.23. The van der Waals surface area contributed by atoms with E-state index in [9.17, 15) is 0 Å². The molecular weight excluding hydrogens is 196 g/mol. The quantitative estimate of drug-likeness (QED) is 0.686. The summed E-state index contributed by atoms with van der Waals surface area (Å²) in [4.78, 5) is 2.45. The summed E-state index contributed by atoms with van der Waals surface area (Å²) >= 11 is 0. The van der Waals surface area contributed by atoms with Crippen molar-refractivity contribution >= 4 is 0 Å². The summed E-state index contributed by atoms with van der Waals surface area (Å²) in [6, 6.07) is 0.858. The van der Waals surface area contributed by atoms with Crippen molar-refractivity contribution in [1.29, 1.82) is 0 Å². The molecule has 2 aliphatic heterocycles. The molecule has 1 N–H and O–H groups in total. The van der Waals surface area contributed by atoms with Crippen LogP contribution in [0.1, 0.15) is 54.4 Å². The molecule has 0 radical (unpaired) electrons. The molecule has 2 aliphatic rings. The normalized spacial score (nSPS) is 27.2. The lowest BCUT2D eigenvalue weighted by atomic mass is 9.94. The highest BCUT2D eigenvalue weighted by Gasteiger charge is 2.30. The van der Waals surface area contributed by atoms with Crippen LogP contribution in [0.4, 0.5) is 0 Å². The zero-order valence-electron chi connectivity index (χ0n) is 12.6. The molecule has 2 saturated heterocycles. The second kappa shape index (κ2) is 13.0. The average molecular weight is 230 g/mol. The van der Waals surface area contributed by atoms with Crippen molar-refractivity contribution in [1.82, 2.24) is 10.2 Å². The van der Waals surface area contributed by atoms with E-state index >= 15 is 0 Å². The van der Waals surface area contributed by atoms with E-state index in [-0.39, 0.29) is 0 Å². The summed E-state index contributed by atoms with van der Waals surface area (Å²) in [5.74, 6) is 0.957. The minimum absolute atomic E-state index is 0.858. The van der Waals surface area contributed by atoms with Crippen molar-refractivity contribution < 1.29 is 0 Å². The van der Waals surface area contributed by atoms with Gasteiger partial charge >= 0.3 is 0 Å². The van der Waals surface area contributed by atoms with Crippen molar-refractivity contribution in [2.75, 3.05) is 26.7 Å². The van der Waals surface area contributed by atoms with E-state index in [1.807, 2.05) is 41.5 Å². The minimum atomic E-state index is 0.858. The first-order chi connectivity index (χ1) is 7.86. The lowest BCUT2D eigenvalue weighted by Gasteiger charge is -2.31. The standard InChI is InChI=1S/C8H16N2.3C2H6/c1-10-5-3-8-7(6-10)2-4-9-8;3*1-2/h7-9H,2-6H2,1H3;3*1-2H3. The molecule has 0 amide bonds. The Morgan fingerprint density at radius 3 is 2.06 bits per heavy atom. The smallest absolute Gasteiger partial charge is 0.0120 e. The molecule has 2 fully saturated rings. The number of rotatable bonds is 0. The minimum Gasteiger partial charge on any atom is -0.314 e. The van der Waals surface area contributed by atoms with Crippen molar-refractivity contribution in [3.63, 3.8) is 0 Å². The number of hydrogen-bond acceptors (Lipinski definition) is 2. The molecular formula is C14H34N2. The average Bonchev–Trinajstić information content (AvgIpc) is 2.84. The van der Waals surface area contributed by atoms with Crippen LogP contribution < -0.4 is 5.32 Å². The summed E-state index contributed by atoms with van der Waals surface area (Å²) in [6.45, 7) is 15.9. The van der Waals surface area contributed by atoms with Crippen LogP contribution in [0.3, 0.4) is 0 Å². The zero-order valence-corrected chi connectivity index (χ0v) is 12.6. The largest absolute Gasteiger partial charge is 0.314 e. The molecule has 100 valence electrons. The summed E-state index contributed by atoms with van der Waals surface area (Å²) in [6.07, 6.45) is 2.76. The molecule has 0 aliphatic carbocycles. The van der Waals surface area contributed by atoms with Gasteiger partial charge in [0.1, 0.15) is 0 Å². The molecule has 2 nitrogen and oxygen atoms in total. The van der Waals surface area contributed by atoms with Crippen molar-refractivity contribution in [3.8, 4) is 0 Å². The summed E-state index contributed by atoms with van der Waals surface area (Å²) < 4.78 is 0. The van der Waals surface area contributed by atoms with Gasteiger partial charge in [0.15, 0.2) is 0 Å². The molecule has 2 heteroatoms. The Labute approximate surface area is 104 Å². The third-order valence-electron chi connectivity index (χ3n) is 2.86. The Morgan fingerprint density at radius 1 is 0.938 bits per heavy atom. The molecule has 16 heavy (non-hydrogen) atoms. The molecule has 2 atom stereocenters. The van der Waals surface area contributed by atoms with Gasteiger partial charge in [0.25, 0.3) is 0 Å². The Kier molecular flexibility index (Phi) is 14.8. The Hall–Kier alpha value is -0.0800. The topological polar surface area (TPSA) is 15.3 Å². The van der Waals surface area contributed by atoms with Crippen LogP contribution in [0.15, 0.2) is 0 Å². The first-order valence-electron chi connectivity index (χ1n) is 7.28. The Bertz CT molecular complexity index is 126. The first-order valence-corrected chi connectivity index (χ1v) is 7.28. The second-order valence-electron chi connectivity index (χ2n) is 3.66. The predicted molar refractivity (Wildman–Crippen MR) is 76.1 cm³/mol. The molecule has 0 aromatic carbocycles. The summed E-state index contributed by atoms with van der Waals surface area (Å²) in [7, 11) is 2.23. The van der Waals surface area contributed by atoms with Crippen molar-refractivity contribution in [2.24, 2.45) is 5.92 Å². The molecule has 2 rings (SSSR count). The van der Waals surface area contributed by atoms with Gasteiger partial charge in [0.05, 0.1) is 0 Å². The van der Waals surface area contributed by atoms with E-state index < -0.39 is 0 Å². The molecule has 0 aromatic heterocycles. The summed E-state index contributed by atoms with van der Waals surface area (Å²) in [5, 5.41) is 3.55. The molecule has 2 unspecified atom stereocenters. The number of piperidine rings is 1. The van der Waals surface area contributed by atoms with Gasteiger partial charge in [-0.3, -0.25) is 0 Å². The van der Waals surface area contributed by atoms with E-state index in [1.165, 1.54) is 32.5 Å². The summed E-state index contributed by atoms with van der Waals surface area (Å²) in [5.41, 5.74) is 0. The first kappa shape index (κ1) is 18.3. The maximum absolute atomic E-state index is 3.55. The highest BCUT2D eigenvalue weighted by atomic mass is 15.1. The van der Waals surface area contributed by atoms with E-state index in [1.54, 1.807) is 0 Å². The van der Waals surface area contributed by atoms with Gasteiger partial charge in [-0.1, -0.05) is 41.5 Å². The van der Waals surface area contributed by atoms with Crippen molar-refractivity contribution in [2.45, 2.75) is 60.4 Å². The van der Waals surface area contributed by atoms with E-state index in [4.69, 9.17) is 0 Å². The number of nitrogens with zero attached hydrogens (tertiary/aromatic N) is 1. The lowest BCUT2D eigenvalue weighted by Crippen LogP contribution is -2.42. The second-order valence-corrected chi connectivity index (χ2v) is 3.66. The molecule has 0 saturated carbocycles. The number of likely N-dealkylation sites (tertiary alicyclic amines) is 1. The molecule has 0 aromatic rings. The van der Waals surface area contributed by atoms with Crippen LogP contribution in [0.5, 0.6) is 0 Å². The molecule has 2 heterocycles. The molecule has 0 spiro atoms. The Morgan fingerprint density at radius 2 is 1.50 bits per heavy atom. The van der Waals surface area contributed by atoms with E-state index in [0.717, 1.165) is 12.0 Å². The van der Waals surface area contributed by atoms with Crippen LogP contribution in [0, 0.1) is 5.92 Å². The van der Waals surface area contributed by atoms with Gasteiger partial charge in [-0.25, -0.2) is 0 Å². The van der Waals surface area contributed by atoms with Gasteiger partial charge in [0, 0.05) is 12.6 Å². The van der Waals surface area contributed by atoms with Crippen LogP contribution in [-0.4, -0.2) is 37.6 Å².